The third-order valence-corrected chi connectivity index (χ3v) is 8.35. The molecule has 8 nitrogen and oxygen atoms in total. The molecule has 3 aromatic rings. The first-order valence-corrected chi connectivity index (χ1v) is 14.7. The molecule has 0 saturated carbocycles. The highest BCUT2D eigenvalue weighted by atomic mass is 32.2. The van der Waals surface area contributed by atoms with E-state index in [2.05, 4.69) is 21.7 Å². The Hall–Kier alpha value is -2.66. The molecule has 0 fully saturated rings. The number of hydrogen-bond donors (Lipinski definition) is 3. The maximum absolute atomic E-state index is 12.9. The minimum absolute atomic E-state index is 0.0868. The number of anilines is 2. The van der Waals surface area contributed by atoms with Crippen molar-refractivity contribution in [2.75, 3.05) is 30.3 Å². The molecule has 2 bridgehead atoms. The number of benzene rings is 3. The molecule has 3 N–H and O–H groups in total. The number of sulfonamides is 2. The van der Waals surface area contributed by atoms with Crippen LogP contribution in [0.4, 0.5) is 11.4 Å². The Balaban J connectivity index is 0.000000256. The van der Waals surface area contributed by atoms with Gasteiger partial charge in [-0.2, -0.15) is 4.72 Å². The van der Waals surface area contributed by atoms with E-state index in [0.717, 1.165) is 35.0 Å². The van der Waals surface area contributed by atoms with Gasteiger partial charge in [0.25, 0.3) is 0 Å². The lowest BCUT2D eigenvalue weighted by atomic mass is 10.1. The summed E-state index contributed by atoms with van der Waals surface area (Å²) in [6.45, 7) is 4.80. The molecule has 0 amide bonds. The molecule has 3 aromatic carbocycles. The Morgan fingerprint density at radius 1 is 0.971 bits per heavy atom. The van der Waals surface area contributed by atoms with E-state index >= 15 is 0 Å². The van der Waals surface area contributed by atoms with Gasteiger partial charge in [0.05, 0.1) is 16.8 Å². The summed E-state index contributed by atoms with van der Waals surface area (Å²) >= 11 is 0. The van der Waals surface area contributed by atoms with Crippen molar-refractivity contribution in [3.05, 3.63) is 66.2 Å². The smallest absolute Gasteiger partial charge is 0.242 e. The maximum atomic E-state index is 12.9. The normalized spacial score (nSPS) is 15.0. The number of nitrogens with one attached hydrogen (secondary N) is 3. The Kier molecular flexibility index (Phi) is 8.76. The number of hydrogen-bond acceptors (Lipinski definition) is 6. The van der Waals surface area contributed by atoms with Crippen LogP contribution in [-0.4, -0.2) is 43.6 Å². The van der Waals surface area contributed by atoms with Crippen molar-refractivity contribution in [2.24, 2.45) is 0 Å². The number of rotatable bonds is 8. The van der Waals surface area contributed by atoms with E-state index in [1.54, 1.807) is 24.3 Å². The van der Waals surface area contributed by atoms with Gasteiger partial charge in [-0.1, -0.05) is 50.2 Å². The lowest BCUT2D eigenvalue weighted by Gasteiger charge is -2.20. The van der Waals surface area contributed by atoms with Gasteiger partial charge in [-0.15, -0.1) is 0 Å². The van der Waals surface area contributed by atoms with Gasteiger partial charge < -0.3 is 10.2 Å². The Labute approximate surface area is 208 Å². The van der Waals surface area contributed by atoms with E-state index in [0.29, 0.717) is 17.0 Å². The van der Waals surface area contributed by atoms with E-state index < -0.39 is 20.0 Å². The van der Waals surface area contributed by atoms with Crippen LogP contribution in [0, 0.1) is 0 Å². The quantitative estimate of drug-likeness (QED) is 0.391. The van der Waals surface area contributed by atoms with Crippen LogP contribution >= 0.6 is 0 Å². The summed E-state index contributed by atoms with van der Waals surface area (Å²) in [6.07, 6.45) is 1.38. The van der Waals surface area contributed by atoms with Crippen LogP contribution < -0.4 is 19.7 Å². The van der Waals surface area contributed by atoms with E-state index in [9.17, 15) is 16.8 Å². The van der Waals surface area contributed by atoms with Gasteiger partial charge in [0.15, 0.2) is 0 Å². The zero-order chi connectivity index (χ0) is 25.6. The Morgan fingerprint density at radius 2 is 1.63 bits per heavy atom. The molecular weight excluding hydrogens is 484 g/mol. The summed E-state index contributed by atoms with van der Waals surface area (Å²) in [5.74, 6) is 0.0868. The van der Waals surface area contributed by atoms with Crippen molar-refractivity contribution in [2.45, 2.75) is 43.5 Å². The molecule has 0 aliphatic carbocycles. The highest BCUT2D eigenvalue weighted by Gasteiger charge is 2.21. The van der Waals surface area contributed by atoms with Crippen LogP contribution in [0.25, 0.3) is 10.8 Å². The van der Waals surface area contributed by atoms with Gasteiger partial charge in [0.2, 0.25) is 20.0 Å². The fourth-order valence-electron chi connectivity index (χ4n) is 3.83. The SMILES string of the molecule is CCCNC(CC)NS(=O)(=O)c1cccc2c(N(C)C)cccc12.O=S1(=O)Cc2ccc(cc2)N1. The minimum atomic E-state index is -3.60. The average molecular weight is 519 g/mol. The summed E-state index contributed by atoms with van der Waals surface area (Å²) < 4.78 is 53.2. The molecule has 10 heteroatoms. The second-order valence-electron chi connectivity index (χ2n) is 8.62. The first-order chi connectivity index (χ1) is 16.6. The molecule has 1 unspecified atom stereocenters. The number of fused-ring (bicyclic) bond motifs is 5. The highest BCUT2D eigenvalue weighted by Crippen LogP contribution is 2.30. The Morgan fingerprint density at radius 3 is 2.26 bits per heavy atom. The molecule has 2 aliphatic heterocycles. The van der Waals surface area contributed by atoms with Crippen molar-refractivity contribution in [1.82, 2.24) is 10.0 Å². The van der Waals surface area contributed by atoms with Crippen molar-refractivity contribution < 1.29 is 16.8 Å². The largest absolute Gasteiger partial charge is 0.377 e. The molecule has 0 spiro atoms. The molecule has 0 saturated heterocycles. The highest BCUT2D eigenvalue weighted by molar-refractivity contribution is 7.92. The predicted molar refractivity (Wildman–Crippen MR) is 144 cm³/mol. The van der Waals surface area contributed by atoms with Gasteiger partial charge in [0, 0.05) is 36.2 Å². The molecule has 35 heavy (non-hydrogen) atoms. The summed E-state index contributed by atoms with van der Waals surface area (Å²) in [7, 11) is -2.80. The zero-order valence-corrected chi connectivity index (χ0v) is 22.2. The summed E-state index contributed by atoms with van der Waals surface area (Å²) in [4.78, 5) is 2.31. The van der Waals surface area contributed by atoms with Crippen LogP contribution in [0.1, 0.15) is 32.3 Å². The molecule has 1 atom stereocenters. The van der Waals surface area contributed by atoms with Gasteiger partial charge in [0.1, 0.15) is 0 Å². The van der Waals surface area contributed by atoms with Gasteiger partial charge in [-0.25, -0.2) is 16.8 Å². The minimum Gasteiger partial charge on any atom is -0.377 e. The van der Waals surface area contributed by atoms with E-state index in [1.807, 2.05) is 62.3 Å². The first kappa shape index (κ1) is 26.9. The van der Waals surface area contributed by atoms with Crippen molar-refractivity contribution in [3.63, 3.8) is 0 Å². The summed E-state index contributed by atoms with van der Waals surface area (Å²) in [5, 5.41) is 4.89. The van der Waals surface area contributed by atoms with E-state index in [-0.39, 0.29) is 11.9 Å². The standard InChI is InChI=1S/C18H27N3O2S.C7H7NO2S/c1-5-13-19-18(6-2)20-24(22,23)17-12-8-9-14-15(17)10-7-11-16(14)21(3)4;9-11(10)5-6-1-3-7(8-11)4-2-6/h7-12,18-20H,5-6,13H2,1-4H3;1-4,8H,5H2. The molecule has 5 rings (SSSR count). The van der Waals surface area contributed by atoms with Gasteiger partial charge in [-0.3, -0.25) is 4.72 Å². The third kappa shape index (κ3) is 6.94. The first-order valence-electron chi connectivity index (χ1n) is 11.6. The van der Waals surface area contributed by atoms with Crippen LogP contribution in [0.2, 0.25) is 0 Å². The van der Waals surface area contributed by atoms with E-state index in [4.69, 9.17) is 0 Å². The fourth-order valence-corrected chi connectivity index (χ4v) is 6.51. The lowest BCUT2D eigenvalue weighted by molar-refractivity contribution is 0.464. The van der Waals surface area contributed by atoms with Crippen LogP contribution in [0.3, 0.4) is 0 Å². The predicted octanol–water partition coefficient (Wildman–Crippen LogP) is 3.86. The average Bonchev–Trinajstić information content (AvgIpc) is 3.06. The monoisotopic (exact) mass is 518 g/mol. The molecule has 0 aromatic heterocycles. The Bertz CT molecular complexity index is 1320. The van der Waals surface area contributed by atoms with Crippen LogP contribution in [0.15, 0.2) is 65.6 Å². The second kappa shape index (κ2) is 11.4. The lowest BCUT2D eigenvalue weighted by Crippen LogP contribution is -2.45. The molecule has 190 valence electrons. The maximum Gasteiger partial charge on any atom is 0.242 e. The van der Waals surface area contributed by atoms with Gasteiger partial charge in [-0.05, 0) is 49.2 Å². The molecule has 2 heterocycles. The van der Waals surface area contributed by atoms with Gasteiger partial charge >= 0.3 is 0 Å². The van der Waals surface area contributed by atoms with Crippen molar-refractivity contribution >= 4 is 42.2 Å². The zero-order valence-electron chi connectivity index (χ0n) is 20.6. The summed E-state index contributed by atoms with van der Waals surface area (Å²) in [6, 6.07) is 18.3. The van der Waals surface area contributed by atoms with Crippen LogP contribution in [-0.2, 0) is 25.8 Å². The molecule has 0 radical (unpaired) electrons. The molecular formula is C25H34N4O4S2. The third-order valence-electron chi connectivity index (χ3n) is 5.56. The second-order valence-corrected chi connectivity index (χ2v) is 12.0. The number of nitrogens with zero attached hydrogens (tertiary/aromatic N) is 1. The van der Waals surface area contributed by atoms with E-state index in [1.165, 1.54) is 0 Å². The molecule has 2 aliphatic rings. The fraction of sp³-hybridized carbons (Fsp3) is 0.360. The van der Waals surface area contributed by atoms with Crippen LogP contribution in [0.5, 0.6) is 0 Å². The van der Waals surface area contributed by atoms with Crippen molar-refractivity contribution in [3.8, 4) is 0 Å². The van der Waals surface area contributed by atoms with Crippen molar-refractivity contribution in [1.29, 1.82) is 0 Å². The summed E-state index contributed by atoms with van der Waals surface area (Å²) in [5.41, 5.74) is 2.48. The topological polar surface area (TPSA) is 108 Å².